The summed E-state index contributed by atoms with van der Waals surface area (Å²) in [5.41, 5.74) is 7.63. The van der Waals surface area contributed by atoms with Gasteiger partial charge in [-0.2, -0.15) is 0 Å². The molecule has 0 saturated carbocycles. The van der Waals surface area contributed by atoms with Crippen molar-refractivity contribution >= 4 is 33.3 Å². The number of carbonyl (C=O) groups is 1. The van der Waals surface area contributed by atoms with Crippen LogP contribution in [0.3, 0.4) is 0 Å². The van der Waals surface area contributed by atoms with Crippen LogP contribution in [0.2, 0.25) is 0 Å². The Balaban J connectivity index is 2.37. The fraction of sp³-hybridized carbons (Fsp3) is 0.417. The van der Waals surface area contributed by atoms with Crippen molar-refractivity contribution in [2.45, 2.75) is 19.3 Å². The topological polar surface area (TPSA) is 66.6 Å². The van der Waals surface area contributed by atoms with Crippen molar-refractivity contribution < 1.29 is 9.90 Å². The summed E-state index contributed by atoms with van der Waals surface area (Å²) in [6.45, 7) is 1.96. The zero-order valence-corrected chi connectivity index (χ0v) is 11.0. The molecule has 1 fully saturated rings. The molecular formula is C12H15BrN2O2. The van der Waals surface area contributed by atoms with Crippen LogP contribution in [0.5, 0.6) is 0 Å². The van der Waals surface area contributed by atoms with Gasteiger partial charge < -0.3 is 15.7 Å². The lowest BCUT2D eigenvalue weighted by molar-refractivity contribution is 0.0697. The van der Waals surface area contributed by atoms with Crippen LogP contribution in [-0.2, 0) is 0 Å². The molecule has 0 aromatic heterocycles. The first-order valence-electron chi connectivity index (χ1n) is 5.67. The maximum atomic E-state index is 10.9. The van der Waals surface area contributed by atoms with Crippen LogP contribution in [0.4, 0.5) is 11.4 Å². The molecule has 1 aromatic carbocycles. The zero-order valence-electron chi connectivity index (χ0n) is 9.45. The Morgan fingerprint density at radius 3 is 2.47 bits per heavy atom. The minimum Gasteiger partial charge on any atom is -0.478 e. The number of nitrogens with two attached hydrogens (primary N) is 1. The first-order chi connectivity index (χ1) is 8.09. The first kappa shape index (κ1) is 12.2. The van der Waals surface area contributed by atoms with Crippen molar-refractivity contribution in [1.29, 1.82) is 0 Å². The molecule has 0 atom stereocenters. The average molecular weight is 299 g/mol. The quantitative estimate of drug-likeness (QED) is 0.824. The minimum atomic E-state index is -0.956. The molecule has 1 aliphatic heterocycles. The number of benzene rings is 1. The van der Waals surface area contributed by atoms with Gasteiger partial charge in [-0.1, -0.05) is 0 Å². The Kier molecular flexibility index (Phi) is 3.57. The number of hydrogen-bond donors (Lipinski definition) is 2. The van der Waals surface area contributed by atoms with E-state index in [1.165, 1.54) is 12.5 Å². The van der Waals surface area contributed by atoms with Crippen LogP contribution >= 0.6 is 15.9 Å². The average Bonchev–Trinajstić information content (AvgIpc) is 2.29. The predicted molar refractivity (Wildman–Crippen MR) is 71.6 cm³/mol. The number of hydrogen-bond acceptors (Lipinski definition) is 3. The standard InChI is InChI=1S/C12H15BrN2O2/c13-9-6-8(12(16)17)7-10(14)11(9)15-4-2-1-3-5-15/h6-7H,1-5,14H2,(H,16,17). The molecule has 0 amide bonds. The third-order valence-electron chi connectivity index (χ3n) is 3.01. The van der Waals surface area contributed by atoms with E-state index in [4.69, 9.17) is 10.8 Å². The first-order valence-corrected chi connectivity index (χ1v) is 6.46. The SMILES string of the molecule is Nc1cc(C(=O)O)cc(Br)c1N1CCCCC1. The highest BCUT2D eigenvalue weighted by Crippen LogP contribution is 2.35. The number of rotatable bonds is 2. The van der Waals surface area contributed by atoms with Crippen molar-refractivity contribution in [3.63, 3.8) is 0 Å². The van der Waals surface area contributed by atoms with E-state index in [-0.39, 0.29) is 5.56 Å². The van der Waals surface area contributed by atoms with Crippen LogP contribution in [0.15, 0.2) is 16.6 Å². The van der Waals surface area contributed by atoms with Gasteiger partial charge in [0, 0.05) is 17.6 Å². The fourth-order valence-corrected chi connectivity index (χ4v) is 2.92. The summed E-state index contributed by atoms with van der Waals surface area (Å²) in [7, 11) is 0. The van der Waals surface area contributed by atoms with E-state index in [0.29, 0.717) is 5.69 Å². The Hall–Kier alpha value is -1.23. The lowest BCUT2D eigenvalue weighted by Crippen LogP contribution is -2.30. The molecule has 0 bridgehead atoms. The van der Waals surface area contributed by atoms with Crippen LogP contribution < -0.4 is 10.6 Å². The number of carboxylic acid groups (broad SMARTS) is 1. The maximum absolute atomic E-state index is 10.9. The summed E-state index contributed by atoms with van der Waals surface area (Å²) in [6.07, 6.45) is 3.57. The molecule has 92 valence electrons. The summed E-state index contributed by atoms with van der Waals surface area (Å²) in [4.78, 5) is 13.1. The van der Waals surface area contributed by atoms with Gasteiger partial charge in [-0.05, 0) is 47.3 Å². The van der Waals surface area contributed by atoms with Gasteiger partial charge >= 0.3 is 5.97 Å². The second-order valence-electron chi connectivity index (χ2n) is 4.25. The lowest BCUT2D eigenvalue weighted by Gasteiger charge is -2.30. The number of anilines is 2. The number of carboxylic acids is 1. The van der Waals surface area contributed by atoms with Gasteiger partial charge in [0.1, 0.15) is 0 Å². The van der Waals surface area contributed by atoms with Gasteiger partial charge in [0.15, 0.2) is 0 Å². The number of nitrogens with zero attached hydrogens (tertiary/aromatic N) is 1. The highest BCUT2D eigenvalue weighted by molar-refractivity contribution is 9.10. The van der Waals surface area contributed by atoms with Gasteiger partial charge in [0.25, 0.3) is 0 Å². The van der Waals surface area contributed by atoms with Gasteiger partial charge in [-0.3, -0.25) is 0 Å². The van der Waals surface area contributed by atoms with Gasteiger partial charge in [0.05, 0.1) is 16.9 Å². The zero-order chi connectivity index (χ0) is 12.4. The molecule has 5 heteroatoms. The Labute approximate surface area is 109 Å². The minimum absolute atomic E-state index is 0.218. The molecule has 17 heavy (non-hydrogen) atoms. The normalized spacial score (nSPS) is 15.9. The van der Waals surface area contributed by atoms with E-state index < -0.39 is 5.97 Å². The Morgan fingerprint density at radius 1 is 1.29 bits per heavy atom. The third kappa shape index (κ3) is 2.54. The molecule has 2 rings (SSSR count). The molecule has 1 heterocycles. The van der Waals surface area contributed by atoms with Crippen molar-refractivity contribution in [1.82, 2.24) is 0 Å². The van der Waals surface area contributed by atoms with E-state index in [0.717, 1.165) is 36.1 Å². The number of halogens is 1. The summed E-state index contributed by atoms with van der Waals surface area (Å²) in [6, 6.07) is 3.14. The molecule has 0 aliphatic carbocycles. The number of aromatic carboxylic acids is 1. The predicted octanol–water partition coefficient (Wildman–Crippen LogP) is 2.72. The van der Waals surface area contributed by atoms with Crippen molar-refractivity contribution in [3.8, 4) is 0 Å². The monoisotopic (exact) mass is 298 g/mol. The molecule has 0 radical (unpaired) electrons. The molecule has 1 aromatic rings. The largest absolute Gasteiger partial charge is 0.478 e. The van der Waals surface area contributed by atoms with Gasteiger partial charge in [-0.25, -0.2) is 4.79 Å². The summed E-state index contributed by atoms with van der Waals surface area (Å²) in [5.74, 6) is -0.956. The third-order valence-corrected chi connectivity index (χ3v) is 3.62. The van der Waals surface area contributed by atoms with Crippen molar-refractivity contribution in [2.24, 2.45) is 0 Å². The lowest BCUT2D eigenvalue weighted by atomic mass is 10.1. The molecule has 1 aliphatic rings. The Bertz CT molecular complexity index is 419. The van der Waals surface area contributed by atoms with Crippen LogP contribution in [-0.4, -0.2) is 24.2 Å². The molecule has 0 spiro atoms. The molecule has 0 unspecified atom stereocenters. The van der Waals surface area contributed by atoms with Crippen molar-refractivity contribution in [3.05, 3.63) is 22.2 Å². The highest BCUT2D eigenvalue weighted by Gasteiger charge is 2.18. The van der Waals surface area contributed by atoms with Crippen LogP contribution in [0, 0.1) is 0 Å². The summed E-state index contributed by atoms with van der Waals surface area (Å²) in [5, 5.41) is 8.94. The molecular weight excluding hydrogens is 284 g/mol. The smallest absolute Gasteiger partial charge is 0.335 e. The second-order valence-corrected chi connectivity index (χ2v) is 5.10. The summed E-state index contributed by atoms with van der Waals surface area (Å²) < 4.78 is 0.761. The molecule has 3 N–H and O–H groups in total. The van der Waals surface area contributed by atoms with E-state index in [1.54, 1.807) is 6.07 Å². The van der Waals surface area contributed by atoms with Crippen molar-refractivity contribution in [2.75, 3.05) is 23.7 Å². The van der Waals surface area contributed by atoms with Gasteiger partial charge in [-0.15, -0.1) is 0 Å². The van der Waals surface area contributed by atoms with Crippen LogP contribution in [0.25, 0.3) is 0 Å². The number of nitrogen functional groups attached to an aromatic ring is 1. The highest BCUT2D eigenvalue weighted by atomic mass is 79.9. The van der Waals surface area contributed by atoms with E-state index in [2.05, 4.69) is 20.8 Å². The maximum Gasteiger partial charge on any atom is 0.335 e. The fourth-order valence-electron chi connectivity index (χ4n) is 2.19. The van der Waals surface area contributed by atoms with E-state index in [9.17, 15) is 4.79 Å². The number of piperidine rings is 1. The molecule has 1 saturated heterocycles. The van der Waals surface area contributed by atoms with E-state index in [1.807, 2.05) is 0 Å². The second kappa shape index (κ2) is 4.96. The van der Waals surface area contributed by atoms with Crippen LogP contribution in [0.1, 0.15) is 29.6 Å². The summed E-state index contributed by atoms with van der Waals surface area (Å²) >= 11 is 3.42. The van der Waals surface area contributed by atoms with Gasteiger partial charge in [0.2, 0.25) is 0 Å². The Morgan fingerprint density at radius 2 is 1.94 bits per heavy atom. The van der Waals surface area contributed by atoms with E-state index >= 15 is 0 Å². The molecule has 4 nitrogen and oxygen atoms in total.